The summed E-state index contributed by atoms with van der Waals surface area (Å²) in [5, 5.41) is 14.9. The number of amides is 1. The second kappa shape index (κ2) is 9.90. The van der Waals surface area contributed by atoms with Crippen molar-refractivity contribution in [3.63, 3.8) is 0 Å². The summed E-state index contributed by atoms with van der Waals surface area (Å²) in [7, 11) is 0. The van der Waals surface area contributed by atoms with Crippen LogP contribution in [0.1, 0.15) is 12.5 Å². The highest BCUT2D eigenvalue weighted by Gasteiger charge is 2.19. The van der Waals surface area contributed by atoms with Gasteiger partial charge < -0.3 is 10.1 Å². The van der Waals surface area contributed by atoms with Gasteiger partial charge in [-0.3, -0.25) is 4.79 Å². The predicted molar refractivity (Wildman–Crippen MR) is 120 cm³/mol. The Kier molecular flexibility index (Phi) is 6.59. The van der Waals surface area contributed by atoms with Crippen LogP contribution in [0.4, 0.5) is 5.69 Å². The van der Waals surface area contributed by atoms with Crippen LogP contribution >= 0.6 is 11.8 Å². The van der Waals surface area contributed by atoms with E-state index in [1.807, 2.05) is 91.9 Å². The lowest BCUT2D eigenvalue weighted by molar-refractivity contribution is -0.115. The smallest absolute Gasteiger partial charge is 0.237 e. The molecule has 0 radical (unpaired) electrons. The highest BCUT2D eigenvalue weighted by atomic mass is 32.2. The van der Waals surface area contributed by atoms with Gasteiger partial charge in [0.25, 0.3) is 0 Å². The normalized spacial score (nSPS) is 11.6. The zero-order chi connectivity index (χ0) is 21.5. The van der Waals surface area contributed by atoms with E-state index in [1.54, 1.807) is 4.68 Å². The van der Waals surface area contributed by atoms with Crippen molar-refractivity contribution in [2.45, 2.75) is 23.9 Å². The number of tetrazole rings is 1. The molecule has 4 aromatic rings. The zero-order valence-electron chi connectivity index (χ0n) is 16.9. The lowest BCUT2D eigenvalue weighted by Crippen LogP contribution is -2.22. The number of carbonyl (C=O) groups is 1. The third-order valence-corrected chi connectivity index (χ3v) is 5.50. The van der Waals surface area contributed by atoms with Gasteiger partial charge in [-0.25, -0.2) is 0 Å². The van der Waals surface area contributed by atoms with Gasteiger partial charge in [-0.15, -0.1) is 5.10 Å². The van der Waals surface area contributed by atoms with Crippen LogP contribution in [0.2, 0.25) is 0 Å². The van der Waals surface area contributed by atoms with E-state index in [0.29, 0.717) is 17.5 Å². The van der Waals surface area contributed by atoms with Gasteiger partial charge in [-0.1, -0.05) is 60.3 Å². The predicted octanol–water partition coefficient (Wildman–Crippen LogP) is 4.36. The van der Waals surface area contributed by atoms with Crippen LogP contribution in [-0.2, 0) is 11.4 Å². The van der Waals surface area contributed by atoms with Gasteiger partial charge in [0.15, 0.2) is 0 Å². The Morgan fingerprint density at radius 3 is 2.39 bits per heavy atom. The molecule has 1 atom stereocenters. The Labute approximate surface area is 184 Å². The van der Waals surface area contributed by atoms with Crippen LogP contribution in [0, 0.1) is 0 Å². The minimum Gasteiger partial charge on any atom is -0.489 e. The number of anilines is 1. The standard InChI is InChI=1S/C23H21N5O2S/c1-17(31-23-25-26-27-28(23)20-10-6-3-7-11-20)22(29)24-19-12-14-21(15-13-19)30-16-18-8-4-2-5-9-18/h2-15,17H,16H2,1H3,(H,24,29)/t17-/m1/s1. The molecule has 4 rings (SSSR count). The Bertz CT molecular complexity index is 1120. The van der Waals surface area contributed by atoms with Crippen molar-refractivity contribution >= 4 is 23.4 Å². The van der Waals surface area contributed by atoms with E-state index in [0.717, 1.165) is 17.0 Å². The average Bonchev–Trinajstić information content (AvgIpc) is 3.28. The fourth-order valence-electron chi connectivity index (χ4n) is 2.81. The lowest BCUT2D eigenvalue weighted by Gasteiger charge is -2.12. The summed E-state index contributed by atoms with van der Waals surface area (Å²) >= 11 is 1.30. The Morgan fingerprint density at radius 1 is 1.00 bits per heavy atom. The first-order valence-electron chi connectivity index (χ1n) is 9.77. The van der Waals surface area contributed by atoms with Gasteiger partial charge in [0.2, 0.25) is 11.1 Å². The van der Waals surface area contributed by atoms with Crippen LogP contribution in [0.15, 0.2) is 90.1 Å². The monoisotopic (exact) mass is 431 g/mol. The third-order valence-electron chi connectivity index (χ3n) is 4.46. The summed E-state index contributed by atoms with van der Waals surface area (Å²) in [6.07, 6.45) is 0. The largest absolute Gasteiger partial charge is 0.489 e. The van der Waals surface area contributed by atoms with Crippen LogP contribution in [0.3, 0.4) is 0 Å². The molecule has 7 nitrogen and oxygen atoms in total. The molecule has 1 amide bonds. The lowest BCUT2D eigenvalue weighted by atomic mass is 10.2. The second-order valence-corrected chi connectivity index (χ2v) is 8.06. The fraction of sp³-hybridized carbons (Fsp3) is 0.130. The summed E-state index contributed by atoms with van der Waals surface area (Å²) < 4.78 is 7.40. The summed E-state index contributed by atoms with van der Waals surface area (Å²) in [5.74, 6) is 0.608. The van der Waals surface area contributed by atoms with Crippen molar-refractivity contribution < 1.29 is 9.53 Å². The molecule has 1 N–H and O–H groups in total. The number of hydrogen-bond acceptors (Lipinski definition) is 6. The molecule has 156 valence electrons. The molecule has 1 heterocycles. The topological polar surface area (TPSA) is 81.9 Å². The van der Waals surface area contributed by atoms with E-state index in [1.165, 1.54) is 11.8 Å². The molecule has 0 aliphatic carbocycles. The second-order valence-electron chi connectivity index (χ2n) is 6.76. The maximum absolute atomic E-state index is 12.6. The Balaban J connectivity index is 1.33. The molecule has 31 heavy (non-hydrogen) atoms. The van der Waals surface area contributed by atoms with Crippen molar-refractivity contribution in [2.75, 3.05) is 5.32 Å². The molecule has 1 aromatic heterocycles. The number of ether oxygens (including phenoxy) is 1. The Morgan fingerprint density at radius 2 is 1.68 bits per heavy atom. The number of thioether (sulfide) groups is 1. The quantitative estimate of drug-likeness (QED) is 0.418. The number of rotatable bonds is 8. The molecule has 0 saturated heterocycles. The number of carbonyl (C=O) groups excluding carboxylic acids is 1. The Hall–Kier alpha value is -3.65. The molecular weight excluding hydrogens is 410 g/mol. The van der Waals surface area contributed by atoms with Gasteiger partial charge in [0, 0.05) is 5.69 Å². The molecular formula is C23H21N5O2S. The molecule has 0 aliphatic heterocycles. The molecule has 0 saturated carbocycles. The zero-order valence-corrected chi connectivity index (χ0v) is 17.7. The first kappa shape index (κ1) is 20.6. The van der Waals surface area contributed by atoms with Gasteiger partial charge in [-0.2, -0.15) is 4.68 Å². The van der Waals surface area contributed by atoms with Gasteiger partial charge in [0.1, 0.15) is 12.4 Å². The summed E-state index contributed by atoms with van der Waals surface area (Å²) in [5.41, 5.74) is 2.64. The van der Waals surface area contributed by atoms with E-state index in [2.05, 4.69) is 20.8 Å². The maximum Gasteiger partial charge on any atom is 0.237 e. The SMILES string of the molecule is C[C@@H](Sc1nnnn1-c1ccccc1)C(=O)Nc1ccc(OCc2ccccc2)cc1. The highest BCUT2D eigenvalue weighted by molar-refractivity contribution is 8.00. The summed E-state index contributed by atoms with van der Waals surface area (Å²) in [6.45, 7) is 2.32. The molecule has 0 aliphatic rings. The van der Waals surface area contributed by atoms with Crippen molar-refractivity contribution in [3.8, 4) is 11.4 Å². The van der Waals surface area contributed by atoms with Gasteiger partial charge >= 0.3 is 0 Å². The molecule has 3 aromatic carbocycles. The number of hydrogen-bond donors (Lipinski definition) is 1. The number of nitrogens with zero attached hydrogens (tertiary/aromatic N) is 4. The summed E-state index contributed by atoms with van der Waals surface area (Å²) in [4.78, 5) is 12.6. The van der Waals surface area contributed by atoms with E-state index in [-0.39, 0.29) is 11.2 Å². The summed E-state index contributed by atoms with van der Waals surface area (Å²) in [6, 6.07) is 26.9. The fourth-order valence-corrected chi connectivity index (χ4v) is 3.62. The minimum absolute atomic E-state index is 0.134. The van der Waals surface area contributed by atoms with Crippen LogP contribution in [-0.4, -0.2) is 31.4 Å². The maximum atomic E-state index is 12.6. The number of para-hydroxylation sites is 1. The van der Waals surface area contributed by atoms with E-state index < -0.39 is 0 Å². The number of aromatic nitrogens is 4. The van der Waals surface area contributed by atoms with Crippen LogP contribution in [0.25, 0.3) is 5.69 Å². The van der Waals surface area contributed by atoms with Gasteiger partial charge in [0.05, 0.1) is 10.9 Å². The molecule has 0 unspecified atom stereocenters. The molecule has 0 bridgehead atoms. The van der Waals surface area contributed by atoms with Gasteiger partial charge in [-0.05, 0) is 59.3 Å². The molecule has 0 fully saturated rings. The first-order chi connectivity index (χ1) is 15.2. The van der Waals surface area contributed by atoms with Crippen LogP contribution in [0.5, 0.6) is 5.75 Å². The molecule has 0 spiro atoms. The van der Waals surface area contributed by atoms with Crippen molar-refractivity contribution in [1.82, 2.24) is 20.2 Å². The van der Waals surface area contributed by atoms with Crippen molar-refractivity contribution in [3.05, 3.63) is 90.5 Å². The van der Waals surface area contributed by atoms with E-state index in [9.17, 15) is 4.79 Å². The number of benzene rings is 3. The molecule has 8 heteroatoms. The van der Waals surface area contributed by atoms with Crippen molar-refractivity contribution in [2.24, 2.45) is 0 Å². The minimum atomic E-state index is -0.387. The average molecular weight is 432 g/mol. The highest BCUT2D eigenvalue weighted by Crippen LogP contribution is 2.24. The third kappa shape index (κ3) is 5.49. The van der Waals surface area contributed by atoms with Crippen molar-refractivity contribution in [1.29, 1.82) is 0 Å². The van der Waals surface area contributed by atoms with E-state index in [4.69, 9.17) is 4.74 Å². The first-order valence-corrected chi connectivity index (χ1v) is 10.6. The van der Waals surface area contributed by atoms with E-state index >= 15 is 0 Å². The van der Waals surface area contributed by atoms with Crippen LogP contribution < -0.4 is 10.1 Å². The number of nitrogens with one attached hydrogen (secondary N) is 1.